The van der Waals surface area contributed by atoms with Crippen LogP contribution in [0.25, 0.3) is 44.2 Å². The van der Waals surface area contributed by atoms with E-state index in [-0.39, 0.29) is 0 Å². The SMILES string of the molecule is c1ccc(N(c2ccc3c(c2)C2(c4ccccc4-c4ccccc42)c2ccccc2-3)c2cccc3c2oc2ccccc23)cc1. The molecule has 1 spiro atoms. The first-order valence-corrected chi connectivity index (χ1v) is 15.5. The number of nitrogens with zero attached hydrogens (tertiary/aromatic N) is 1. The van der Waals surface area contributed by atoms with Gasteiger partial charge in [-0.3, -0.25) is 0 Å². The van der Waals surface area contributed by atoms with Gasteiger partial charge in [0, 0.05) is 22.1 Å². The highest BCUT2D eigenvalue weighted by Crippen LogP contribution is 2.63. The van der Waals surface area contributed by atoms with Gasteiger partial charge in [0.2, 0.25) is 0 Å². The Kier molecular flexibility index (Phi) is 4.95. The van der Waals surface area contributed by atoms with Gasteiger partial charge >= 0.3 is 0 Å². The van der Waals surface area contributed by atoms with Crippen molar-refractivity contribution in [3.05, 3.63) is 186 Å². The van der Waals surface area contributed by atoms with E-state index < -0.39 is 5.41 Å². The largest absolute Gasteiger partial charge is 0.454 e. The summed E-state index contributed by atoms with van der Waals surface area (Å²) in [6.07, 6.45) is 0. The summed E-state index contributed by atoms with van der Waals surface area (Å²) in [6, 6.07) is 59.4. The number of anilines is 3. The lowest BCUT2D eigenvalue weighted by atomic mass is 9.70. The average Bonchev–Trinajstić information content (AvgIpc) is 3.73. The Hall–Kier alpha value is -5.86. The molecule has 0 radical (unpaired) electrons. The van der Waals surface area contributed by atoms with Crippen LogP contribution in [0.2, 0.25) is 0 Å². The van der Waals surface area contributed by atoms with Gasteiger partial charge in [-0.15, -0.1) is 0 Å². The van der Waals surface area contributed by atoms with Crippen LogP contribution in [0.3, 0.4) is 0 Å². The van der Waals surface area contributed by atoms with Gasteiger partial charge < -0.3 is 9.32 Å². The lowest BCUT2D eigenvalue weighted by Crippen LogP contribution is -2.26. The average molecular weight is 574 g/mol. The third kappa shape index (κ3) is 3.18. The molecule has 210 valence electrons. The van der Waals surface area contributed by atoms with Crippen LogP contribution in [0.15, 0.2) is 168 Å². The minimum absolute atomic E-state index is 0.400. The first kappa shape index (κ1) is 24.6. The van der Waals surface area contributed by atoms with Gasteiger partial charge in [0.25, 0.3) is 0 Å². The lowest BCUT2D eigenvalue weighted by molar-refractivity contribution is 0.669. The molecule has 0 saturated heterocycles. The van der Waals surface area contributed by atoms with Crippen LogP contribution in [-0.4, -0.2) is 0 Å². The van der Waals surface area contributed by atoms with Gasteiger partial charge in [0.15, 0.2) is 5.58 Å². The standard InChI is InChI=1S/C43H27NO/c1-2-13-28(14-3-1)44(40-23-12-19-35-34-18-7-11-24-41(34)45-42(35)40)29-25-26-33-32-17-6-10-22-38(32)43(39(33)27-29)36-20-8-4-15-30(36)31-16-5-9-21-37(31)43/h1-27H. The van der Waals surface area contributed by atoms with Gasteiger partial charge in [-0.05, 0) is 80.9 Å². The van der Waals surface area contributed by atoms with Crippen molar-refractivity contribution >= 4 is 39.0 Å². The second-order valence-corrected chi connectivity index (χ2v) is 12.0. The zero-order valence-corrected chi connectivity index (χ0v) is 24.4. The Balaban J connectivity index is 1.29. The molecule has 45 heavy (non-hydrogen) atoms. The molecule has 2 aliphatic carbocycles. The van der Waals surface area contributed by atoms with Crippen molar-refractivity contribution in [1.82, 2.24) is 0 Å². The van der Waals surface area contributed by atoms with Gasteiger partial charge in [-0.1, -0.05) is 127 Å². The highest BCUT2D eigenvalue weighted by Gasteiger charge is 2.51. The van der Waals surface area contributed by atoms with Crippen molar-refractivity contribution in [2.75, 3.05) is 4.90 Å². The number of hydrogen-bond donors (Lipinski definition) is 0. The van der Waals surface area contributed by atoms with E-state index in [0.29, 0.717) is 0 Å². The van der Waals surface area contributed by atoms with Crippen molar-refractivity contribution < 1.29 is 4.42 Å². The second-order valence-electron chi connectivity index (χ2n) is 12.0. The minimum atomic E-state index is -0.400. The maximum absolute atomic E-state index is 6.60. The molecule has 0 saturated carbocycles. The molecule has 2 heteroatoms. The maximum atomic E-state index is 6.60. The van der Waals surface area contributed by atoms with E-state index in [0.717, 1.165) is 39.0 Å². The topological polar surface area (TPSA) is 16.4 Å². The molecule has 7 aromatic carbocycles. The van der Waals surface area contributed by atoms with Crippen LogP contribution in [0.5, 0.6) is 0 Å². The fourth-order valence-electron chi connectivity index (χ4n) is 8.13. The number of fused-ring (bicyclic) bond motifs is 13. The van der Waals surface area contributed by atoms with Crippen molar-refractivity contribution in [3.8, 4) is 22.3 Å². The predicted octanol–water partition coefficient (Wildman–Crippen LogP) is 11.4. The third-order valence-corrected chi connectivity index (χ3v) is 9.88. The second kappa shape index (κ2) is 9.07. The van der Waals surface area contributed by atoms with E-state index in [1.165, 1.54) is 44.5 Å². The Morgan fingerprint density at radius 1 is 0.400 bits per heavy atom. The summed E-state index contributed by atoms with van der Waals surface area (Å²) >= 11 is 0. The number of furan rings is 1. The summed E-state index contributed by atoms with van der Waals surface area (Å²) < 4.78 is 6.60. The molecular formula is C43H27NO. The fraction of sp³-hybridized carbons (Fsp3) is 0.0233. The lowest BCUT2D eigenvalue weighted by Gasteiger charge is -2.32. The normalized spacial score (nSPS) is 13.5. The van der Waals surface area contributed by atoms with Gasteiger partial charge in [0.1, 0.15) is 5.58 Å². The Bertz CT molecular complexity index is 2390. The summed E-state index contributed by atoms with van der Waals surface area (Å²) in [5, 5.41) is 2.25. The molecule has 0 amide bonds. The van der Waals surface area contributed by atoms with E-state index >= 15 is 0 Å². The van der Waals surface area contributed by atoms with E-state index in [1.807, 2.05) is 6.07 Å². The Morgan fingerprint density at radius 2 is 0.956 bits per heavy atom. The molecule has 10 rings (SSSR count). The zero-order chi connectivity index (χ0) is 29.5. The maximum Gasteiger partial charge on any atom is 0.159 e. The zero-order valence-electron chi connectivity index (χ0n) is 24.4. The van der Waals surface area contributed by atoms with E-state index in [9.17, 15) is 0 Å². The number of benzene rings is 7. The summed E-state index contributed by atoms with van der Waals surface area (Å²) in [5.74, 6) is 0. The minimum Gasteiger partial charge on any atom is -0.454 e. The molecule has 0 unspecified atom stereocenters. The highest BCUT2D eigenvalue weighted by atomic mass is 16.3. The molecule has 0 fully saturated rings. The van der Waals surface area contributed by atoms with Crippen molar-refractivity contribution in [3.63, 3.8) is 0 Å². The van der Waals surface area contributed by atoms with Crippen molar-refractivity contribution in [1.29, 1.82) is 0 Å². The molecule has 1 heterocycles. The van der Waals surface area contributed by atoms with Crippen molar-refractivity contribution in [2.45, 2.75) is 5.41 Å². The summed E-state index contributed by atoms with van der Waals surface area (Å²) in [4.78, 5) is 2.36. The van der Waals surface area contributed by atoms with Crippen LogP contribution >= 0.6 is 0 Å². The monoisotopic (exact) mass is 573 g/mol. The highest BCUT2D eigenvalue weighted by molar-refractivity contribution is 6.10. The Labute approximate surface area is 261 Å². The van der Waals surface area contributed by atoms with Gasteiger partial charge in [0.05, 0.1) is 11.1 Å². The first-order valence-electron chi connectivity index (χ1n) is 15.5. The summed E-state index contributed by atoms with van der Waals surface area (Å²) in [6.45, 7) is 0. The number of hydrogen-bond acceptors (Lipinski definition) is 2. The quantitative estimate of drug-likeness (QED) is 0.209. The molecule has 0 N–H and O–H groups in total. The van der Waals surface area contributed by atoms with Gasteiger partial charge in [-0.25, -0.2) is 0 Å². The van der Waals surface area contributed by atoms with Crippen LogP contribution in [0.1, 0.15) is 22.3 Å². The third-order valence-electron chi connectivity index (χ3n) is 9.88. The van der Waals surface area contributed by atoms with Crippen LogP contribution in [0.4, 0.5) is 17.1 Å². The molecule has 2 nitrogen and oxygen atoms in total. The predicted molar refractivity (Wildman–Crippen MR) is 185 cm³/mol. The van der Waals surface area contributed by atoms with Crippen LogP contribution < -0.4 is 4.90 Å². The van der Waals surface area contributed by atoms with E-state index in [1.54, 1.807) is 0 Å². The summed E-state index contributed by atoms with van der Waals surface area (Å²) in [7, 11) is 0. The smallest absolute Gasteiger partial charge is 0.159 e. The van der Waals surface area contributed by atoms with Crippen LogP contribution in [-0.2, 0) is 5.41 Å². The van der Waals surface area contributed by atoms with Crippen molar-refractivity contribution in [2.24, 2.45) is 0 Å². The molecular weight excluding hydrogens is 546 g/mol. The molecule has 0 bridgehead atoms. The summed E-state index contributed by atoms with van der Waals surface area (Å²) in [5.41, 5.74) is 15.2. The van der Waals surface area contributed by atoms with Gasteiger partial charge in [-0.2, -0.15) is 0 Å². The number of rotatable bonds is 3. The molecule has 2 aliphatic rings. The van der Waals surface area contributed by atoms with E-state index in [4.69, 9.17) is 4.42 Å². The van der Waals surface area contributed by atoms with E-state index in [2.05, 4.69) is 163 Å². The first-order chi connectivity index (χ1) is 22.3. The molecule has 0 aliphatic heterocycles. The number of para-hydroxylation sites is 3. The molecule has 0 atom stereocenters. The Morgan fingerprint density at radius 3 is 1.64 bits per heavy atom. The fourth-order valence-corrected chi connectivity index (χ4v) is 8.13. The molecule has 8 aromatic rings. The van der Waals surface area contributed by atoms with Crippen LogP contribution in [0, 0.1) is 0 Å². The molecule has 1 aromatic heterocycles.